The lowest BCUT2D eigenvalue weighted by Gasteiger charge is -2.27. The topological polar surface area (TPSA) is 125 Å². The van der Waals surface area contributed by atoms with Gasteiger partial charge in [0.15, 0.2) is 11.7 Å². The van der Waals surface area contributed by atoms with Crippen molar-refractivity contribution < 1.29 is 4.42 Å². The van der Waals surface area contributed by atoms with Crippen molar-refractivity contribution in [1.29, 1.82) is 10.7 Å². The van der Waals surface area contributed by atoms with Crippen LogP contribution < -0.4 is 11.1 Å². The smallest absolute Gasteiger partial charge is 0.191 e. The summed E-state index contributed by atoms with van der Waals surface area (Å²) in [5.41, 5.74) is 11.8. The second-order valence-electron chi connectivity index (χ2n) is 7.29. The molecule has 0 bridgehead atoms. The van der Waals surface area contributed by atoms with Gasteiger partial charge < -0.3 is 15.5 Å². The molecule has 1 unspecified atom stereocenters. The molecule has 1 aliphatic rings. The lowest BCUT2D eigenvalue weighted by atomic mass is 9.90. The number of hydrogen-bond donors (Lipinski definition) is 3. The number of pyridine rings is 1. The highest BCUT2D eigenvalue weighted by molar-refractivity contribution is 6.12. The maximum Gasteiger partial charge on any atom is 0.191 e. The van der Waals surface area contributed by atoms with Crippen molar-refractivity contribution in [3.8, 4) is 6.07 Å². The van der Waals surface area contributed by atoms with Gasteiger partial charge >= 0.3 is 0 Å². The maximum absolute atomic E-state index is 9.28. The van der Waals surface area contributed by atoms with Crippen molar-refractivity contribution in [2.24, 2.45) is 0 Å². The first kappa shape index (κ1) is 18.7. The lowest BCUT2D eigenvalue weighted by molar-refractivity contribution is 0.513. The molecular formula is C22H22N6O. The average Bonchev–Trinajstić information content (AvgIpc) is 3.15. The molecule has 0 saturated heterocycles. The molecule has 2 heterocycles. The SMILES string of the molecule is Cc1ncc(C(=N)c2cc(NC3CCCc4cc(C#N)c(C)nc43)ccc2N)o1. The Kier molecular flexibility index (Phi) is 4.77. The number of nitrogens with one attached hydrogen (secondary N) is 2. The number of nitrogen functional groups attached to an aromatic ring is 1. The Labute approximate surface area is 169 Å². The van der Waals surface area contributed by atoms with Crippen LogP contribution in [-0.2, 0) is 6.42 Å². The van der Waals surface area contributed by atoms with Gasteiger partial charge in [0.05, 0.1) is 29.2 Å². The van der Waals surface area contributed by atoms with Crippen molar-refractivity contribution in [2.75, 3.05) is 11.1 Å². The first-order valence-corrected chi connectivity index (χ1v) is 9.54. The number of hydrogen-bond acceptors (Lipinski definition) is 7. The molecular weight excluding hydrogens is 364 g/mol. The van der Waals surface area contributed by atoms with Crippen LogP contribution in [0.25, 0.3) is 0 Å². The zero-order valence-electron chi connectivity index (χ0n) is 16.4. The first-order valence-electron chi connectivity index (χ1n) is 9.54. The monoisotopic (exact) mass is 386 g/mol. The molecule has 1 aromatic carbocycles. The summed E-state index contributed by atoms with van der Waals surface area (Å²) in [6, 6.07) is 9.78. The summed E-state index contributed by atoms with van der Waals surface area (Å²) in [6.45, 7) is 3.61. The Morgan fingerprint density at radius 3 is 2.90 bits per heavy atom. The molecule has 1 aliphatic carbocycles. The third-order valence-electron chi connectivity index (χ3n) is 5.25. The second-order valence-corrected chi connectivity index (χ2v) is 7.29. The van der Waals surface area contributed by atoms with Crippen LogP contribution in [-0.4, -0.2) is 15.7 Å². The standard InChI is InChI=1S/C22H22N6O/c1-12-15(10-23)8-14-4-3-5-19(22(14)27-12)28-16-6-7-18(24)17(9-16)21(25)20-11-26-13(2)29-20/h6-9,11,19,25,28H,3-5,24H2,1-2H3. The fourth-order valence-electron chi connectivity index (χ4n) is 3.73. The molecule has 2 aromatic heterocycles. The maximum atomic E-state index is 9.28. The minimum Gasteiger partial charge on any atom is -0.439 e. The predicted molar refractivity (Wildman–Crippen MR) is 111 cm³/mol. The summed E-state index contributed by atoms with van der Waals surface area (Å²) in [5.74, 6) is 0.894. The van der Waals surface area contributed by atoms with E-state index < -0.39 is 0 Å². The van der Waals surface area contributed by atoms with Crippen LogP contribution in [0.5, 0.6) is 0 Å². The van der Waals surface area contributed by atoms with E-state index in [-0.39, 0.29) is 11.8 Å². The van der Waals surface area contributed by atoms with Gasteiger partial charge in [0.25, 0.3) is 0 Å². The molecule has 29 heavy (non-hydrogen) atoms. The highest BCUT2D eigenvalue weighted by Gasteiger charge is 2.23. The number of fused-ring (bicyclic) bond motifs is 1. The van der Waals surface area contributed by atoms with E-state index in [4.69, 9.17) is 20.5 Å². The molecule has 4 rings (SSSR count). The molecule has 4 N–H and O–H groups in total. The summed E-state index contributed by atoms with van der Waals surface area (Å²) in [4.78, 5) is 8.77. The van der Waals surface area contributed by atoms with Crippen molar-refractivity contribution in [3.63, 3.8) is 0 Å². The fourth-order valence-corrected chi connectivity index (χ4v) is 3.73. The summed E-state index contributed by atoms with van der Waals surface area (Å²) in [5, 5.41) is 21.3. The highest BCUT2D eigenvalue weighted by Crippen LogP contribution is 2.33. The number of benzene rings is 1. The van der Waals surface area contributed by atoms with Gasteiger partial charge in [0, 0.05) is 23.9 Å². The second kappa shape index (κ2) is 7.40. The fraction of sp³-hybridized carbons (Fsp3) is 0.273. The lowest BCUT2D eigenvalue weighted by Crippen LogP contribution is -2.20. The Morgan fingerprint density at radius 1 is 1.34 bits per heavy atom. The third-order valence-corrected chi connectivity index (χ3v) is 5.25. The largest absolute Gasteiger partial charge is 0.439 e. The van der Waals surface area contributed by atoms with Crippen LogP contribution in [0.4, 0.5) is 11.4 Å². The van der Waals surface area contributed by atoms with Gasteiger partial charge in [-0.05, 0) is 56.0 Å². The van der Waals surface area contributed by atoms with E-state index in [1.54, 1.807) is 13.0 Å². The van der Waals surface area contributed by atoms with Crippen LogP contribution in [0.1, 0.15) is 58.6 Å². The van der Waals surface area contributed by atoms with Gasteiger partial charge in [0.2, 0.25) is 0 Å². The predicted octanol–water partition coefficient (Wildman–Crippen LogP) is 4.05. The quantitative estimate of drug-likeness (QED) is 0.459. The van der Waals surface area contributed by atoms with E-state index in [9.17, 15) is 5.26 Å². The summed E-state index contributed by atoms with van der Waals surface area (Å²) < 4.78 is 5.48. The Bertz CT molecular complexity index is 1140. The molecule has 3 aromatic rings. The molecule has 0 radical (unpaired) electrons. The Hall–Kier alpha value is -3.66. The van der Waals surface area contributed by atoms with E-state index in [1.807, 2.05) is 25.1 Å². The zero-order chi connectivity index (χ0) is 20.5. The van der Waals surface area contributed by atoms with Gasteiger partial charge in [-0.2, -0.15) is 5.26 Å². The minimum atomic E-state index is 0.0448. The van der Waals surface area contributed by atoms with E-state index in [2.05, 4.69) is 16.4 Å². The van der Waals surface area contributed by atoms with Crippen molar-refractivity contribution in [1.82, 2.24) is 9.97 Å². The van der Waals surface area contributed by atoms with Gasteiger partial charge in [-0.1, -0.05) is 0 Å². The summed E-state index contributed by atoms with van der Waals surface area (Å²) in [6.07, 6.45) is 4.44. The van der Waals surface area contributed by atoms with Crippen molar-refractivity contribution >= 4 is 17.1 Å². The van der Waals surface area contributed by atoms with Crippen LogP contribution >= 0.6 is 0 Å². The molecule has 0 spiro atoms. The number of rotatable bonds is 4. The van der Waals surface area contributed by atoms with E-state index >= 15 is 0 Å². The number of aryl methyl sites for hydroxylation is 3. The third kappa shape index (κ3) is 3.57. The number of nitrogens with two attached hydrogens (primary N) is 1. The zero-order valence-corrected chi connectivity index (χ0v) is 16.4. The van der Waals surface area contributed by atoms with Gasteiger partial charge in [0.1, 0.15) is 11.8 Å². The molecule has 146 valence electrons. The average molecular weight is 386 g/mol. The van der Waals surface area contributed by atoms with Crippen molar-refractivity contribution in [2.45, 2.75) is 39.2 Å². The molecule has 0 fully saturated rings. The number of anilines is 2. The molecule has 0 aliphatic heterocycles. The van der Waals surface area contributed by atoms with Gasteiger partial charge in [-0.15, -0.1) is 0 Å². The normalized spacial score (nSPS) is 15.4. The molecule has 1 atom stereocenters. The van der Waals surface area contributed by atoms with Crippen LogP contribution in [0.3, 0.4) is 0 Å². The highest BCUT2D eigenvalue weighted by atomic mass is 16.4. The van der Waals surface area contributed by atoms with E-state index in [0.29, 0.717) is 28.5 Å². The number of aromatic nitrogens is 2. The minimum absolute atomic E-state index is 0.0448. The van der Waals surface area contributed by atoms with Crippen LogP contribution in [0.15, 0.2) is 34.9 Å². The van der Waals surface area contributed by atoms with Gasteiger partial charge in [-0.3, -0.25) is 10.4 Å². The molecule has 7 heteroatoms. The van der Waals surface area contributed by atoms with Crippen LogP contribution in [0.2, 0.25) is 0 Å². The van der Waals surface area contributed by atoms with E-state index in [0.717, 1.165) is 41.9 Å². The number of oxazole rings is 1. The Balaban J connectivity index is 1.64. The molecule has 0 amide bonds. The van der Waals surface area contributed by atoms with Gasteiger partial charge in [-0.25, -0.2) is 4.98 Å². The molecule has 0 saturated carbocycles. The summed E-state index contributed by atoms with van der Waals surface area (Å²) >= 11 is 0. The summed E-state index contributed by atoms with van der Waals surface area (Å²) in [7, 11) is 0. The first-order chi connectivity index (χ1) is 14.0. The molecule has 7 nitrogen and oxygen atoms in total. The van der Waals surface area contributed by atoms with Crippen molar-refractivity contribution in [3.05, 3.63) is 70.2 Å². The van der Waals surface area contributed by atoms with Crippen LogP contribution in [0, 0.1) is 30.6 Å². The number of nitrogens with zero attached hydrogens (tertiary/aromatic N) is 3. The number of nitriles is 1. The Morgan fingerprint density at radius 2 is 2.17 bits per heavy atom. The van der Waals surface area contributed by atoms with E-state index in [1.165, 1.54) is 6.20 Å².